The number of nitrogens with two attached hydrogens (primary N) is 1. The van der Waals surface area contributed by atoms with E-state index in [0.29, 0.717) is 13.1 Å². The quantitative estimate of drug-likeness (QED) is 0.857. The van der Waals surface area contributed by atoms with Crippen molar-refractivity contribution in [1.82, 2.24) is 9.80 Å². The molecule has 0 aromatic heterocycles. The molecule has 0 bridgehead atoms. The monoisotopic (exact) mass is 275 g/mol. The standard InChI is InChI=1S/C16H25N3O/c1-2-18(13-16(20)19-9-5-6-10-19)12-15-8-4-3-7-14(15)11-17/h3-4,7-8H,2,5-6,9-13,17H2,1H3. The van der Waals surface area contributed by atoms with Gasteiger partial charge in [-0.05, 0) is 30.5 Å². The topological polar surface area (TPSA) is 49.6 Å². The summed E-state index contributed by atoms with van der Waals surface area (Å²) in [6.07, 6.45) is 2.29. The Morgan fingerprint density at radius 3 is 2.50 bits per heavy atom. The van der Waals surface area contributed by atoms with E-state index in [4.69, 9.17) is 5.73 Å². The number of hydrogen-bond donors (Lipinski definition) is 1. The van der Waals surface area contributed by atoms with Crippen LogP contribution < -0.4 is 5.73 Å². The zero-order valence-corrected chi connectivity index (χ0v) is 12.3. The number of nitrogens with zero attached hydrogens (tertiary/aromatic N) is 2. The molecule has 1 aliphatic heterocycles. The molecule has 4 nitrogen and oxygen atoms in total. The van der Waals surface area contributed by atoms with Gasteiger partial charge in [0, 0.05) is 26.2 Å². The second kappa shape index (κ2) is 7.41. The van der Waals surface area contributed by atoms with E-state index in [1.54, 1.807) is 0 Å². The van der Waals surface area contributed by atoms with E-state index < -0.39 is 0 Å². The summed E-state index contributed by atoms with van der Waals surface area (Å²) in [5, 5.41) is 0. The Bertz CT molecular complexity index is 441. The lowest BCUT2D eigenvalue weighted by Gasteiger charge is -2.24. The van der Waals surface area contributed by atoms with Crippen molar-refractivity contribution in [2.75, 3.05) is 26.2 Å². The third-order valence-corrected chi connectivity index (χ3v) is 4.00. The lowest BCUT2D eigenvalue weighted by molar-refractivity contribution is -0.131. The van der Waals surface area contributed by atoms with Gasteiger partial charge in [-0.15, -0.1) is 0 Å². The minimum Gasteiger partial charge on any atom is -0.342 e. The highest BCUT2D eigenvalue weighted by atomic mass is 16.2. The number of amides is 1. The molecule has 1 aliphatic rings. The van der Waals surface area contributed by atoms with Crippen molar-refractivity contribution >= 4 is 5.91 Å². The number of rotatable bonds is 6. The summed E-state index contributed by atoms with van der Waals surface area (Å²) in [5.41, 5.74) is 8.17. The fourth-order valence-electron chi connectivity index (χ4n) is 2.69. The van der Waals surface area contributed by atoms with Gasteiger partial charge in [-0.3, -0.25) is 9.69 Å². The molecule has 1 heterocycles. The maximum absolute atomic E-state index is 12.2. The van der Waals surface area contributed by atoms with Crippen molar-refractivity contribution in [3.8, 4) is 0 Å². The number of benzene rings is 1. The number of hydrogen-bond acceptors (Lipinski definition) is 3. The van der Waals surface area contributed by atoms with Crippen molar-refractivity contribution in [3.63, 3.8) is 0 Å². The van der Waals surface area contributed by atoms with Crippen LogP contribution in [0.1, 0.15) is 30.9 Å². The van der Waals surface area contributed by atoms with Gasteiger partial charge in [0.05, 0.1) is 6.54 Å². The third-order valence-electron chi connectivity index (χ3n) is 4.00. The van der Waals surface area contributed by atoms with Gasteiger partial charge in [-0.2, -0.15) is 0 Å². The summed E-state index contributed by atoms with van der Waals surface area (Å²) in [5.74, 6) is 0.259. The van der Waals surface area contributed by atoms with Crippen LogP contribution >= 0.6 is 0 Å². The van der Waals surface area contributed by atoms with Crippen LogP contribution in [0, 0.1) is 0 Å². The van der Waals surface area contributed by atoms with Crippen LogP contribution in [0.25, 0.3) is 0 Å². The van der Waals surface area contributed by atoms with Crippen molar-refractivity contribution in [3.05, 3.63) is 35.4 Å². The average molecular weight is 275 g/mol. The second-order valence-corrected chi connectivity index (χ2v) is 5.36. The molecule has 1 amide bonds. The highest BCUT2D eigenvalue weighted by molar-refractivity contribution is 5.78. The van der Waals surface area contributed by atoms with Crippen molar-refractivity contribution < 1.29 is 4.79 Å². The SMILES string of the molecule is CCN(CC(=O)N1CCCC1)Cc1ccccc1CN. The zero-order chi connectivity index (χ0) is 14.4. The van der Waals surface area contributed by atoms with E-state index in [0.717, 1.165) is 39.0 Å². The molecule has 2 N–H and O–H groups in total. The summed E-state index contributed by atoms with van der Waals surface area (Å²) >= 11 is 0. The van der Waals surface area contributed by atoms with Crippen LogP contribution in [-0.2, 0) is 17.9 Å². The first-order valence-corrected chi connectivity index (χ1v) is 7.51. The normalized spacial score (nSPS) is 15.1. The molecule has 110 valence electrons. The van der Waals surface area contributed by atoms with E-state index >= 15 is 0 Å². The Labute approximate surface area is 121 Å². The number of likely N-dealkylation sites (N-methyl/N-ethyl adjacent to an activating group) is 1. The minimum atomic E-state index is 0.259. The van der Waals surface area contributed by atoms with Crippen LogP contribution in [0.3, 0.4) is 0 Å². The predicted molar refractivity (Wildman–Crippen MR) is 81.1 cm³/mol. The van der Waals surface area contributed by atoms with Crippen molar-refractivity contribution in [2.45, 2.75) is 32.9 Å². The van der Waals surface area contributed by atoms with Crippen LogP contribution in [0.5, 0.6) is 0 Å². The Kier molecular flexibility index (Phi) is 5.56. The average Bonchev–Trinajstić information content (AvgIpc) is 3.01. The van der Waals surface area contributed by atoms with E-state index in [2.05, 4.69) is 24.0 Å². The molecule has 4 heteroatoms. The Balaban J connectivity index is 1.96. The van der Waals surface area contributed by atoms with E-state index in [9.17, 15) is 4.79 Å². The first kappa shape index (κ1) is 15.0. The summed E-state index contributed by atoms with van der Waals surface area (Å²) in [7, 11) is 0. The number of carbonyl (C=O) groups excluding carboxylic acids is 1. The van der Waals surface area contributed by atoms with Gasteiger partial charge in [0.2, 0.25) is 5.91 Å². The summed E-state index contributed by atoms with van der Waals surface area (Å²) in [4.78, 5) is 16.4. The highest BCUT2D eigenvalue weighted by Crippen LogP contribution is 2.13. The maximum atomic E-state index is 12.2. The van der Waals surface area contributed by atoms with Crippen molar-refractivity contribution in [1.29, 1.82) is 0 Å². The Morgan fingerprint density at radius 1 is 1.25 bits per heavy atom. The molecule has 1 fully saturated rings. The van der Waals surface area contributed by atoms with Gasteiger partial charge in [0.15, 0.2) is 0 Å². The summed E-state index contributed by atoms with van der Waals surface area (Å²) in [6, 6.07) is 8.21. The molecule has 1 aromatic rings. The van der Waals surface area contributed by atoms with Crippen LogP contribution in [-0.4, -0.2) is 41.9 Å². The fourth-order valence-corrected chi connectivity index (χ4v) is 2.69. The third kappa shape index (κ3) is 3.81. The van der Waals surface area contributed by atoms with Gasteiger partial charge in [0.1, 0.15) is 0 Å². The van der Waals surface area contributed by atoms with Crippen LogP contribution in [0.15, 0.2) is 24.3 Å². The molecule has 0 spiro atoms. The first-order valence-electron chi connectivity index (χ1n) is 7.51. The largest absolute Gasteiger partial charge is 0.342 e. The lowest BCUT2D eigenvalue weighted by Crippen LogP contribution is -2.38. The van der Waals surface area contributed by atoms with Gasteiger partial charge in [-0.25, -0.2) is 0 Å². The molecule has 0 saturated carbocycles. The van der Waals surface area contributed by atoms with Gasteiger partial charge < -0.3 is 10.6 Å². The first-order chi connectivity index (χ1) is 9.74. The molecule has 0 atom stereocenters. The number of likely N-dealkylation sites (tertiary alicyclic amines) is 1. The summed E-state index contributed by atoms with van der Waals surface area (Å²) in [6.45, 7) is 6.68. The highest BCUT2D eigenvalue weighted by Gasteiger charge is 2.20. The van der Waals surface area contributed by atoms with Crippen molar-refractivity contribution in [2.24, 2.45) is 5.73 Å². The smallest absolute Gasteiger partial charge is 0.236 e. The predicted octanol–water partition coefficient (Wildman–Crippen LogP) is 1.59. The lowest BCUT2D eigenvalue weighted by atomic mass is 10.1. The van der Waals surface area contributed by atoms with E-state index in [1.165, 1.54) is 11.1 Å². The number of carbonyl (C=O) groups is 1. The maximum Gasteiger partial charge on any atom is 0.236 e. The fraction of sp³-hybridized carbons (Fsp3) is 0.562. The summed E-state index contributed by atoms with van der Waals surface area (Å²) < 4.78 is 0. The molecule has 0 radical (unpaired) electrons. The molecule has 0 aliphatic carbocycles. The Morgan fingerprint density at radius 2 is 1.90 bits per heavy atom. The van der Waals surface area contributed by atoms with E-state index in [1.807, 2.05) is 17.0 Å². The second-order valence-electron chi connectivity index (χ2n) is 5.36. The minimum absolute atomic E-state index is 0.259. The van der Waals surface area contributed by atoms with Gasteiger partial charge in [0.25, 0.3) is 0 Å². The molecule has 1 saturated heterocycles. The van der Waals surface area contributed by atoms with Gasteiger partial charge >= 0.3 is 0 Å². The molecular weight excluding hydrogens is 250 g/mol. The van der Waals surface area contributed by atoms with Gasteiger partial charge in [-0.1, -0.05) is 31.2 Å². The van der Waals surface area contributed by atoms with E-state index in [-0.39, 0.29) is 5.91 Å². The Hall–Kier alpha value is -1.39. The molecule has 0 unspecified atom stereocenters. The molecule has 20 heavy (non-hydrogen) atoms. The van der Waals surface area contributed by atoms with Crippen LogP contribution in [0.2, 0.25) is 0 Å². The van der Waals surface area contributed by atoms with Crippen LogP contribution in [0.4, 0.5) is 0 Å². The molecule has 2 rings (SSSR count). The molecule has 1 aromatic carbocycles. The zero-order valence-electron chi connectivity index (χ0n) is 12.3. The molecular formula is C16H25N3O.